The molecular formula is C13H20N2O6. The molecule has 2 atom stereocenters. The second kappa shape index (κ2) is 6.75. The molecule has 0 bridgehead atoms. The molecule has 8 nitrogen and oxygen atoms in total. The molecular weight excluding hydrogens is 280 g/mol. The summed E-state index contributed by atoms with van der Waals surface area (Å²) in [5.74, 6) is -1.36. The molecule has 0 aliphatic carbocycles. The van der Waals surface area contributed by atoms with Crippen LogP contribution in [-0.2, 0) is 19.1 Å². The number of urea groups is 1. The van der Waals surface area contributed by atoms with Crippen molar-refractivity contribution >= 4 is 18.0 Å². The number of hydrogen-bond acceptors (Lipinski definition) is 5. The maximum Gasteiger partial charge on any atom is 0.326 e. The summed E-state index contributed by atoms with van der Waals surface area (Å²) < 4.78 is 10.0. The Kier molecular flexibility index (Phi) is 5.00. The summed E-state index contributed by atoms with van der Waals surface area (Å²) in [6.07, 6.45) is 0.860. The maximum atomic E-state index is 12.4. The van der Waals surface area contributed by atoms with E-state index in [-0.39, 0.29) is 25.0 Å². The Morgan fingerprint density at radius 1 is 1.33 bits per heavy atom. The lowest BCUT2D eigenvalue weighted by molar-refractivity contribution is -0.145. The zero-order valence-electron chi connectivity index (χ0n) is 12.0. The normalized spacial score (nSPS) is 25.8. The molecule has 2 aliphatic heterocycles. The molecule has 0 aromatic rings. The zero-order valence-corrected chi connectivity index (χ0v) is 12.0. The van der Waals surface area contributed by atoms with Crippen molar-refractivity contribution in [1.82, 2.24) is 9.80 Å². The second-order valence-corrected chi connectivity index (χ2v) is 5.19. The van der Waals surface area contributed by atoms with Gasteiger partial charge in [-0.2, -0.15) is 0 Å². The molecule has 8 heteroatoms. The van der Waals surface area contributed by atoms with E-state index in [0.717, 1.165) is 0 Å². The number of carboxylic acids is 1. The number of carboxylic acid groups (broad SMARTS) is 1. The minimum atomic E-state index is -0.972. The van der Waals surface area contributed by atoms with Gasteiger partial charge in [0.1, 0.15) is 6.04 Å². The first kappa shape index (κ1) is 15.6. The predicted octanol–water partition coefficient (Wildman–Crippen LogP) is -0.0807. The van der Waals surface area contributed by atoms with Gasteiger partial charge < -0.3 is 24.4 Å². The highest BCUT2D eigenvalue weighted by Crippen LogP contribution is 2.21. The van der Waals surface area contributed by atoms with Gasteiger partial charge in [-0.1, -0.05) is 0 Å². The molecule has 118 valence electrons. The van der Waals surface area contributed by atoms with E-state index in [0.29, 0.717) is 32.5 Å². The summed E-state index contributed by atoms with van der Waals surface area (Å²) in [6.45, 7) is 1.46. The number of rotatable bonds is 3. The summed E-state index contributed by atoms with van der Waals surface area (Å²) >= 11 is 0. The molecule has 2 rings (SSSR count). The van der Waals surface area contributed by atoms with Gasteiger partial charge in [-0.15, -0.1) is 0 Å². The summed E-state index contributed by atoms with van der Waals surface area (Å²) in [4.78, 5) is 37.8. The fourth-order valence-corrected chi connectivity index (χ4v) is 2.72. The number of amides is 2. The Labute approximate surface area is 122 Å². The Balaban J connectivity index is 1.95. The van der Waals surface area contributed by atoms with Crippen LogP contribution in [0.5, 0.6) is 0 Å². The van der Waals surface area contributed by atoms with Gasteiger partial charge in [0.25, 0.3) is 0 Å². The number of carbonyl (C=O) groups is 3. The quantitative estimate of drug-likeness (QED) is 0.732. The average Bonchev–Trinajstić information content (AvgIpc) is 2.96. The van der Waals surface area contributed by atoms with Crippen molar-refractivity contribution in [3.05, 3.63) is 0 Å². The first-order valence-electron chi connectivity index (χ1n) is 6.99. The molecule has 0 spiro atoms. The molecule has 0 saturated carbocycles. The van der Waals surface area contributed by atoms with Gasteiger partial charge in [-0.25, -0.2) is 9.59 Å². The molecule has 0 aromatic heterocycles. The molecule has 2 amide bonds. The Bertz CT molecular complexity index is 427. The minimum Gasteiger partial charge on any atom is -0.480 e. The molecule has 1 N–H and O–H groups in total. The van der Waals surface area contributed by atoms with E-state index in [1.807, 2.05) is 0 Å². The third kappa shape index (κ3) is 3.63. The summed E-state index contributed by atoms with van der Waals surface area (Å²) in [7, 11) is 1.30. The van der Waals surface area contributed by atoms with Crippen LogP contribution in [-0.4, -0.2) is 78.4 Å². The van der Waals surface area contributed by atoms with Gasteiger partial charge in [0.2, 0.25) is 0 Å². The lowest BCUT2D eigenvalue weighted by atomic mass is 10.2. The zero-order chi connectivity index (χ0) is 15.4. The molecule has 0 aromatic carbocycles. The van der Waals surface area contributed by atoms with Crippen molar-refractivity contribution in [1.29, 1.82) is 0 Å². The number of esters is 1. The molecule has 21 heavy (non-hydrogen) atoms. The highest BCUT2D eigenvalue weighted by molar-refractivity contribution is 5.83. The standard InChI is InChI=1S/C13H20N2O6/c1-20-11(16)7-9-8-14(5-6-21-9)13(19)15-4-2-3-10(15)12(17)18/h9-10H,2-8H2,1H3,(H,17,18)/t9?,10-/m1/s1. The van der Waals surface area contributed by atoms with Crippen LogP contribution < -0.4 is 0 Å². The van der Waals surface area contributed by atoms with Crippen molar-refractivity contribution in [3.63, 3.8) is 0 Å². The summed E-state index contributed by atoms with van der Waals surface area (Å²) in [6, 6.07) is -1.04. The van der Waals surface area contributed by atoms with Gasteiger partial charge in [0.15, 0.2) is 0 Å². The Hall–Kier alpha value is -1.83. The van der Waals surface area contributed by atoms with Gasteiger partial charge in [-0.3, -0.25) is 4.79 Å². The van der Waals surface area contributed by atoms with E-state index in [1.54, 1.807) is 4.90 Å². The third-order valence-electron chi connectivity index (χ3n) is 3.81. The van der Waals surface area contributed by atoms with Crippen molar-refractivity contribution in [2.75, 3.05) is 33.4 Å². The SMILES string of the molecule is COC(=O)CC1CN(C(=O)N2CCC[C@@H]2C(=O)O)CCO1. The first-order valence-corrected chi connectivity index (χ1v) is 6.99. The van der Waals surface area contributed by atoms with E-state index in [2.05, 4.69) is 4.74 Å². The number of methoxy groups -OCH3 is 1. The number of morpholine rings is 1. The number of carbonyl (C=O) groups excluding carboxylic acids is 2. The monoisotopic (exact) mass is 300 g/mol. The van der Waals surface area contributed by atoms with E-state index in [4.69, 9.17) is 9.84 Å². The molecule has 2 saturated heterocycles. The number of aliphatic carboxylic acids is 1. The van der Waals surface area contributed by atoms with Crippen LogP contribution in [0.1, 0.15) is 19.3 Å². The lowest BCUT2D eigenvalue weighted by Crippen LogP contribution is -2.53. The van der Waals surface area contributed by atoms with Gasteiger partial charge >= 0.3 is 18.0 Å². The highest BCUT2D eigenvalue weighted by Gasteiger charge is 2.37. The van der Waals surface area contributed by atoms with Gasteiger partial charge in [0.05, 0.1) is 26.2 Å². The van der Waals surface area contributed by atoms with E-state index < -0.39 is 18.1 Å². The highest BCUT2D eigenvalue weighted by atomic mass is 16.5. The molecule has 1 unspecified atom stereocenters. The fourth-order valence-electron chi connectivity index (χ4n) is 2.72. The molecule has 0 radical (unpaired) electrons. The number of hydrogen-bond donors (Lipinski definition) is 1. The number of ether oxygens (including phenoxy) is 2. The number of likely N-dealkylation sites (tertiary alicyclic amines) is 1. The maximum absolute atomic E-state index is 12.4. The fraction of sp³-hybridized carbons (Fsp3) is 0.769. The predicted molar refractivity (Wildman–Crippen MR) is 70.7 cm³/mol. The summed E-state index contributed by atoms with van der Waals surface area (Å²) in [5.41, 5.74) is 0. The average molecular weight is 300 g/mol. The Morgan fingerprint density at radius 3 is 2.76 bits per heavy atom. The van der Waals surface area contributed by atoms with Crippen molar-refractivity contribution in [2.45, 2.75) is 31.4 Å². The summed E-state index contributed by atoms with van der Waals surface area (Å²) in [5, 5.41) is 9.14. The van der Waals surface area contributed by atoms with Gasteiger partial charge in [-0.05, 0) is 12.8 Å². The Morgan fingerprint density at radius 2 is 2.10 bits per heavy atom. The van der Waals surface area contributed by atoms with E-state index in [9.17, 15) is 14.4 Å². The van der Waals surface area contributed by atoms with Gasteiger partial charge in [0, 0.05) is 19.6 Å². The molecule has 2 aliphatic rings. The lowest BCUT2D eigenvalue weighted by Gasteiger charge is -2.36. The topological polar surface area (TPSA) is 96.4 Å². The van der Waals surface area contributed by atoms with Crippen LogP contribution in [0.4, 0.5) is 4.79 Å². The van der Waals surface area contributed by atoms with Crippen molar-refractivity contribution in [3.8, 4) is 0 Å². The number of nitrogens with zero attached hydrogens (tertiary/aromatic N) is 2. The van der Waals surface area contributed by atoms with Crippen LogP contribution in [0.25, 0.3) is 0 Å². The van der Waals surface area contributed by atoms with Crippen LogP contribution in [0.15, 0.2) is 0 Å². The van der Waals surface area contributed by atoms with Crippen molar-refractivity contribution in [2.24, 2.45) is 0 Å². The second-order valence-electron chi connectivity index (χ2n) is 5.19. The van der Waals surface area contributed by atoms with Crippen LogP contribution in [0.3, 0.4) is 0 Å². The van der Waals surface area contributed by atoms with Crippen LogP contribution in [0.2, 0.25) is 0 Å². The van der Waals surface area contributed by atoms with Crippen LogP contribution >= 0.6 is 0 Å². The molecule has 2 fully saturated rings. The van der Waals surface area contributed by atoms with Crippen LogP contribution in [0, 0.1) is 0 Å². The minimum absolute atomic E-state index is 0.0860. The largest absolute Gasteiger partial charge is 0.480 e. The smallest absolute Gasteiger partial charge is 0.326 e. The van der Waals surface area contributed by atoms with E-state index >= 15 is 0 Å². The molecule has 2 heterocycles. The first-order chi connectivity index (χ1) is 10.0. The van der Waals surface area contributed by atoms with E-state index in [1.165, 1.54) is 12.0 Å². The van der Waals surface area contributed by atoms with Crippen molar-refractivity contribution < 1.29 is 29.0 Å². The third-order valence-corrected chi connectivity index (χ3v) is 3.81.